The highest BCUT2D eigenvalue weighted by Crippen LogP contribution is 2.26. The summed E-state index contributed by atoms with van der Waals surface area (Å²) in [7, 11) is 5.92. The van der Waals surface area contributed by atoms with Crippen LogP contribution >= 0.6 is 12.4 Å². The minimum absolute atomic E-state index is 0. The number of hydrogen-bond donors (Lipinski definition) is 0. The highest BCUT2D eigenvalue weighted by Gasteiger charge is 2.11. The smallest absolute Gasteiger partial charge is 0.119 e. The van der Waals surface area contributed by atoms with E-state index in [1.54, 1.807) is 7.11 Å². The van der Waals surface area contributed by atoms with Gasteiger partial charge in [0.25, 0.3) is 0 Å². The van der Waals surface area contributed by atoms with Crippen LogP contribution in [0, 0.1) is 5.92 Å². The summed E-state index contributed by atoms with van der Waals surface area (Å²) in [5, 5.41) is 0. The van der Waals surface area contributed by atoms with E-state index in [1.165, 1.54) is 11.1 Å². The minimum Gasteiger partial charge on any atom is -0.497 e. The zero-order valence-electron chi connectivity index (χ0n) is 11.9. The van der Waals surface area contributed by atoms with E-state index in [0.29, 0.717) is 5.92 Å². The lowest BCUT2D eigenvalue weighted by atomic mass is 9.93. The zero-order valence-corrected chi connectivity index (χ0v) is 12.8. The Bertz CT molecular complexity index is 388. The molecule has 0 aliphatic heterocycles. The maximum atomic E-state index is 5.27. The molecule has 1 atom stereocenters. The van der Waals surface area contributed by atoms with Gasteiger partial charge in [-0.1, -0.05) is 25.1 Å². The molecule has 0 aliphatic carbocycles. The van der Waals surface area contributed by atoms with E-state index >= 15 is 0 Å². The van der Waals surface area contributed by atoms with Crippen LogP contribution in [-0.2, 0) is 0 Å². The Hall–Kier alpha value is -0.990. The summed E-state index contributed by atoms with van der Waals surface area (Å²) in [6, 6.07) is 8.26. The molecule has 0 bridgehead atoms. The van der Waals surface area contributed by atoms with Crippen molar-refractivity contribution in [2.75, 3.05) is 27.7 Å². The second-order valence-corrected chi connectivity index (χ2v) is 4.64. The number of halogens is 1. The molecule has 2 nitrogen and oxygen atoms in total. The molecule has 0 heterocycles. The summed E-state index contributed by atoms with van der Waals surface area (Å²) in [5.41, 5.74) is 2.62. The third-order valence-corrected chi connectivity index (χ3v) is 2.88. The van der Waals surface area contributed by atoms with Crippen molar-refractivity contribution in [2.45, 2.75) is 13.8 Å². The lowest BCUT2D eigenvalue weighted by Gasteiger charge is -2.20. The second kappa shape index (κ2) is 8.17. The first-order valence-corrected chi connectivity index (χ1v) is 6.03. The number of allylic oxidation sites excluding steroid dienone is 1. The van der Waals surface area contributed by atoms with Crippen LogP contribution in [0.25, 0.3) is 5.57 Å². The van der Waals surface area contributed by atoms with Crippen LogP contribution in [0.1, 0.15) is 19.4 Å². The van der Waals surface area contributed by atoms with Gasteiger partial charge in [0, 0.05) is 6.54 Å². The molecular formula is C15H24ClNO. The van der Waals surface area contributed by atoms with Crippen molar-refractivity contribution in [1.29, 1.82) is 0 Å². The molecular weight excluding hydrogens is 246 g/mol. The maximum absolute atomic E-state index is 5.27. The molecule has 3 heteroatoms. The SMILES string of the molecule is C/C=C(/c1cccc(OC)c1)C(C)CN(C)C.Cl. The van der Waals surface area contributed by atoms with Crippen LogP contribution in [0.2, 0.25) is 0 Å². The van der Waals surface area contributed by atoms with Crippen molar-refractivity contribution >= 4 is 18.0 Å². The molecule has 0 fully saturated rings. The quantitative estimate of drug-likeness (QED) is 0.808. The molecule has 0 saturated heterocycles. The van der Waals surface area contributed by atoms with Crippen LogP contribution in [0.4, 0.5) is 0 Å². The largest absolute Gasteiger partial charge is 0.497 e. The van der Waals surface area contributed by atoms with Gasteiger partial charge in [-0.15, -0.1) is 12.4 Å². The van der Waals surface area contributed by atoms with Crippen LogP contribution in [0.3, 0.4) is 0 Å². The highest BCUT2D eigenvalue weighted by atomic mass is 35.5. The van der Waals surface area contributed by atoms with Crippen LogP contribution in [-0.4, -0.2) is 32.6 Å². The molecule has 0 aromatic heterocycles. The lowest BCUT2D eigenvalue weighted by Crippen LogP contribution is -2.20. The monoisotopic (exact) mass is 269 g/mol. The summed E-state index contributed by atoms with van der Waals surface area (Å²) >= 11 is 0. The van der Waals surface area contributed by atoms with E-state index in [1.807, 2.05) is 12.1 Å². The van der Waals surface area contributed by atoms with Gasteiger partial charge in [-0.05, 0) is 50.2 Å². The molecule has 0 spiro atoms. The first kappa shape index (κ1) is 17.0. The molecule has 0 N–H and O–H groups in total. The average Bonchev–Trinajstić information content (AvgIpc) is 2.29. The number of ether oxygens (including phenoxy) is 1. The van der Waals surface area contributed by atoms with Gasteiger partial charge >= 0.3 is 0 Å². The Balaban J connectivity index is 0.00000289. The Morgan fingerprint density at radius 3 is 2.56 bits per heavy atom. The Kier molecular flexibility index (Phi) is 7.72. The van der Waals surface area contributed by atoms with E-state index in [2.05, 4.69) is 51.1 Å². The first-order valence-electron chi connectivity index (χ1n) is 6.03. The second-order valence-electron chi connectivity index (χ2n) is 4.64. The lowest BCUT2D eigenvalue weighted by molar-refractivity contribution is 0.375. The average molecular weight is 270 g/mol. The van der Waals surface area contributed by atoms with Crippen molar-refractivity contribution in [3.05, 3.63) is 35.9 Å². The maximum Gasteiger partial charge on any atom is 0.119 e. The molecule has 0 saturated carbocycles. The van der Waals surface area contributed by atoms with Crippen molar-refractivity contribution in [2.24, 2.45) is 5.92 Å². The van der Waals surface area contributed by atoms with E-state index in [9.17, 15) is 0 Å². The summed E-state index contributed by atoms with van der Waals surface area (Å²) < 4.78 is 5.27. The fraction of sp³-hybridized carbons (Fsp3) is 0.467. The topological polar surface area (TPSA) is 12.5 Å². The van der Waals surface area contributed by atoms with Crippen LogP contribution in [0.5, 0.6) is 5.75 Å². The predicted molar refractivity (Wildman–Crippen MR) is 81.6 cm³/mol. The molecule has 0 radical (unpaired) electrons. The van der Waals surface area contributed by atoms with E-state index in [0.717, 1.165) is 12.3 Å². The standard InChI is InChI=1S/C15H23NO.ClH/c1-6-15(12(2)11-16(3)4)13-8-7-9-14(10-13)17-5;/h6-10,12H,11H2,1-5H3;1H/b15-6+;. The van der Waals surface area contributed by atoms with Crippen LogP contribution < -0.4 is 4.74 Å². The molecule has 0 amide bonds. The molecule has 18 heavy (non-hydrogen) atoms. The Labute approximate surface area is 117 Å². The van der Waals surface area contributed by atoms with Gasteiger partial charge in [-0.2, -0.15) is 0 Å². The molecule has 1 rings (SSSR count). The number of methoxy groups -OCH3 is 1. The van der Waals surface area contributed by atoms with Gasteiger partial charge in [-0.3, -0.25) is 0 Å². The third-order valence-electron chi connectivity index (χ3n) is 2.88. The van der Waals surface area contributed by atoms with E-state index in [-0.39, 0.29) is 12.4 Å². The predicted octanol–water partition coefficient (Wildman–Crippen LogP) is 3.72. The fourth-order valence-electron chi connectivity index (χ4n) is 2.18. The van der Waals surface area contributed by atoms with Gasteiger partial charge < -0.3 is 9.64 Å². The fourth-order valence-corrected chi connectivity index (χ4v) is 2.18. The first-order chi connectivity index (χ1) is 8.08. The van der Waals surface area contributed by atoms with Gasteiger partial charge in [0.2, 0.25) is 0 Å². The number of rotatable bonds is 5. The van der Waals surface area contributed by atoms with Gasteiger partial charge in [0.15, 0.2) is 0 Å². The summed E-state index contributed by atoms with van der Waals surface area (Å²) in [6.07, 6.45) is 2.20. The van der Waals surface area contributed by atoms with Gasteiger partial charge in [0.05, 0.1) is 7.11 Å². The number of hydrogen-bond acceptors (Lipinski definition) is 2. The van der Waals surface area contributed by atoms with Crippen molar-refractivity contribution in [3.63, 3.8) is 0 Å². The van der Waals surface area contributed by atoms with Crippen LogP contribution in [0.15, 0.2) is 30.3 Å². The summed E-state index contributed by atoms with van der Waals surface area (Å²) in [5.74, 6) is 1.43. The minimum atomic E-state index is 0. The van der Waals surface area contributed by atoms with Crippen molar-refractivity contribution in [1.82, 2.24) is 4.90 Å². The summed E-state index contributed by atoms with van der Waals surface area (Å²) in [6.45, 7) is 5.41. The molecule has 102 valence electrons. The highest BCUT2D eigenvalue weighted by molar-refractivity contribution is 5.85. The van der Waals surface area contributed by atoms with Gasteiger partial charge in [0.1, 0.15) is 5.75 Å². The Morgan fingerprint density at radius 1 is 1.39 bits per heavy atom. The molecule has 1 unspecified atom stereocenters. The van der Waals surface area contributed by atoms with E-state index in [4.69, 9.17) is 4.74 Å². The number of nitrogens with zero attached hydrogens (tertiary/aromatic N) is 1. The van der Waals surface area contributed by atoms with Gasteiger partial charge in [-0.25, -0.2) is 0 Å². The van der Waals surface area contributed by atoms with Crippen molar-refractivity contribution < 1.29 is 4.74 Å². The van der Waals surface area contributed by atoms with E-state index < -0.39 is 0 Å². The Morgan fingerprint density at radius 2 is 2.06 bits per heavy atom. The molecule has 1 aromatic rings. The van der Waals surface area contributed by atoms with Crippen molar-refractivity contribution in [3.8, 4) is 5.75 Å². The number of benzene rings is 1. The molecule has 0 aliphatic rings. The zero-order chi connectivity index (χ0) is 12.8. The third kappa shape index (κ3) is 4.71. The molecule has 1 aromatic carbocycles. The normalized spacial score (nSPS) is 13.1. The summed E-state index contributed by atoms with van der Waals surface area (Å²) in [4.78, 5) is 2.22.